The zero-order chi connectivity index (χ0) is 20.2. The lowest BCUT2D eigenvalue weighted by Gasteiger charge is -2.10. The first kappa shape index (κ1) is 18.5. The summed E-state index contributed by atoms with van der Waals surface area (Å²) in [6.07, 6.45) is 1.76. The fourth-order valence-corrected chi connectivity index (χ4v) is 3.24. The van der Waals surface area contributed by atoms with Crippen LogP contribution >= 0.6 is 0 Å². The Morgan fingerprint density at radius 1 is 0.862 bits per heavy atom. The monoisotopic (exact) mass is 384 g/mol. The Balaban J connectivity index is 1.42. The van der Waals surface area contributed by atoms with E-state index >= 15 is 0 Å². The number of rotatable bonds is 5. The number of phenolic OH excluding ortho intramolecular Hbond substituents is 1. The summed E-state index contributed by atoms with van der Waals surface area (Å²) in [7, 11) is 0. The van der Waals surface area contributed by atoms with E-state index in [4.69, 9.17) is 0 Å². The van der Waals surface area contributed by atoms with Gasteiger partial charge in [-0.25, -0.2) is 0 Å². The van der Waals surface area contributed by atoms with E-state index in [1.165, 1.54) is 6.07 Å². The SMILES string of the molecule is O=C(NCc1ccc(Cn2ccccc2=O)cc1)c1cc2ccccc2cc1O. The maximum Gasteiger partial charge on any atom is 0.255 e. The van der Waals surface area contributed by atoms with E-state index in [1.54, 1.807) is 29.0 Å². The van der Waals surface area contributed by atoms with E-state index < -0.39 is 0 Å². The van der Waals surface area contributed by atoms with Gasteiger partial charge in [0.05, 0.1) is 12.1 Å². The molecule has 0 fully saturated rings. The van der Waals surface area contributed by atoms with Gasteiger partial charge >= 0.3 is 0 Å². The van der Waals surface area contributed by atoms with Gasteiger partial charge in [-0.05, 0) is 40.1 Å². The third-order valence-electron chi connectivity index (χ3n) is 4.84. The fraction of sp³-hybridized carbons (Fsp3) is 0.0833. The number of phenols is 1. The quantitative estimate of drug-likeness (QED) is 0.551. The smallest absolute Gasteiger partial charge is 0.255 e. The number of carbonyl (C=O) groups is 1. The van der Waals surface area contributed by atoms with E-state index in [-0.39, 0.29) is 22.8 Å². The number of amides is 1. The molecule has 4 aromatic rings. The second-order valence-corrected chi connectivity index (χ2v) is 6.88. The first-order valence-corrected chi connectivity index (χ1v) is 9.33. The highest BCUT2D eigenvalue weighted by Crippen LogP contribution is 2.25. The molecule has 5 nitrogen and oxygen atoms in total. The Kier molecular flexibility index (Phi) is 5.12. The van der Waals surface area contributed by atoms with Gasteiger partial charge < -0.3 is 15.0 Å². The molecule has 29 heavy (non-hydrogen) atoms. The topological polar surface area (TPSA) is 71.3 Å². The minimum atomic E-state index is -0.326. The molecule has 0 saturated heterocycles. The molecule has 0 atom stereocenters. The number of carbonyl (C=O) groups excluding carboxylic acids is 1. The lowest BCUT2D eigenvalue weighted by molar-refractivity contribution is 0.0948. The Morgan fingerprint density at radius 2 is 1.52 bits per heavy atom. The molecule has 1 aromatic heterocycles. The number of nitrogens with one attached hydrogen (secondary N) is 1. The number of pyridine rings is 1. The van der Waals surface area contributed by atoms with Gasteiger partial charge in [0.15, 0.2) is 0 Å². The predicted molar refractivity (Wildman–Crippen MR) is 113 cm³/mol. The molecule has 0 aliphatic heterocycles. The minimum absolute atomic E-state index is 0.0372. The zero-order valence-corrected chi connectivity index (χ0v) is 15.7. The van der Waals surface area contributed by atoms with Gasteiger partial charge in [0, 0.05) is 18.8 Å². The molecule has 0 unspecified atom stereocenters. The van der Waals surface area contributed by atoms with Crippen LogP contribution in [-0.4, -0.2) is 15.6 Å². The summed E-state index contributed by atoms with van der Waals surface area (Å²) >= 11 is 0. The highest BCUT2D eigenvalue weighted by molar-refractivity contribution is 6.01. The number of aromatic hydroxyl groups is 1. The molecule has 4 rings (SSSR count). The van der Waals surface area contributed by atoms with E-state index in [9.17, 15) is 14.7 Å². The molecule has 144 valence electrons. The van der Waals surface area contributed by atoms with Crippen molar-refractivity contribution in [3.63, 3.8) is 0 Å². The molecule has 1 heterocycles. The van der Waals surface area contributed by atoms with Crippen LogP contribution in [0.25, 0.3) is 10.8 Å². The molecule has 2 N–H and O–H groups in total. The first-order chi connectivity index (χ1) is 14.1. The van der Waals surface area contributed by atoms with Crippen molar-refractivity contribution in [1.29, 1.82) is 0 Å². The van der Waals surface area contributed by atoms with Crippen molar-refractivity contribution >= 4 is 16.7 Å². The lowest BCUT2D eigenvalue weighted by atomic mass is 10.1. The Labute approximate surface area is 167 Å². The summed E-state index contributed by atoms with van der Waals surface area (Å²) < 4.78 is 1.64. The van der Waals surface area contributed by atoms with Crippen LogP contribution in [-0.2, 0) is 13.1 Å². The predicted octanol–water partition coefficient (Wildman–Crippen LogP) is 3.69. The van der Waals surface area contributed by atoms with Crippen LogP contribution in [0.5, 0.6) is 5.75 Å². The molecule has 0 aliphatic rings. The summed E-state index contributed by atoms with van der Waals surface area (Å²) in [5.41, 5.74) is 2.14. The van der Waals surface area contributed by atoms with Crippen molar-refractivity contribution in [3.8, 4) is 5.75 Å². The maximum absolute atomic E-state index is 12.5. The average Bonchev–Trinajstić information content (AvgIpc) is 2.74. The molecule has 1 amide bonds. The van der Waals surface area contributed by atoms with E-state index in [0.29, 0.717) is 13.1 Å². The van der Waals surface area contributed by atoms with Gasteiger partial charge in [0.1, 0.15) is 5.75 Å². The van der Waals surface area contributed by atoms with Gasteiger partial charge in [0.25, 0.3) is 11.5 Å². The summed E-state index contributed by atoms with van der Waals surface area (Å²) in [6, 6.07) is 23.7. The molecule has 5 heteroatoms. The molecule has 0 radical (unpaired) electrons. The number of aromatic nitrogens is 1. The van der Waals surface area contributed by atoms with Gasteiger partial charge in [0.2, 0.25) is 0 Å². The Hall–Kier alpha value is -3.86. The van der Waals surface area contributed by atoms with Crippen molar-refractivity contribution in [2.45, 2.75) is 13.1 Å². The normalized spacial score (nSPS) is 10.8. The minimum Gasteiger partial charge on any atom is -0.507 e. The largest absolute Gasteiger partial charge is 0.507 e. The van der Waals surface area contributed by atoms with Crippen LogP contribution in [0.1, 0.15) is 21.5 Å². The number of benzene rings is 3. The zero-order valence-electron chi connectivity index (χ0n) is 15.7. The van der Waals surface area contributed by atoms with Gasteiger partial charge in [-0.2, -0.15) is 0 Å². The molecular formula is C24H20N2O3. The highest BCUT2D eigenvalue weighted by Gasteiger charge is 2.12. The van der Waals surface area contributed by atoms with Crippen molar-refractivity contribution in [2.24, 2.45) is 0 Å². The van der Waals surface area contributed by atoms with Crippen LogP contribution in [0.4, 0.5) is 0 Å². The summed E-state index contributed by atoms with van der Waals surface area (Å²) in [5, 5.41) is 14.8. The van der Waals surface area contributed by atoms with E-state index in [1.807, 2.05) is 54.6 Å². The van der Waals surface area contributed by atoms with Crippen LogP contribution in [0, 0.1) is 0 Å². The van der Waals surface area contributed by atoms with Crippen LogP contribution in [0.15, 0.2) is 89.9 Å². The van der Waals surface area contributed by atoms with Crippen LogP contribution in [0.2, 0.25) is 0 Å². The molecule has 0 saturated carbocycles. The second kappa shape index (κ2) is 8.02. The average molecular weight is 384 g/mol. The Bertz CT molecular complexity index is 1230. The van der Waals surface area contributed by atoms with Gasteiger partial charge in [-0.3, -0.25) is 9.59 Å². The maximum atomic E-state index is 12.5. The van der Waals surface area contributed by atoms with Gasteiger partial charge in [-0.1, -0.05) is 54.6 Å². The number of nitrogens with zero attached hydrogens (tertiary/aromatic N) is 1. The first-order valence-electron chi connectivity index (χ1n) is 9.33. The second-order valence-electron chi connectivity index (χ2n) is 6.88. The third kappa shape index (κ3) is 4.19. The fourth-order valence-electron chi connectivity index (χ4n) is 3.24. The number of fused-ring (bicyclic) bond motifs is 1. The molecule has 0 aliphatic carbocycles. The summed E-state index contributed by atoms with van der Waals surface area (Å²) in [5.74, 6) is -0.363. The van der Waals surface area contributed by atoms with Crippen molar-refractivity contribution in [2.75, 3.05) is 0 Å². The summed E-state index contributed by atoms with van der Waals surface area (Å²) in [4.78, 5) is 24.3. The number of hydrogen-bond acceptors (Lipinski definition) is 3. The van der Waals surface area contributed by atoms with Crippen molar-refractivity contribution in [1.82, 2.24) is 9.88 Å². The van der Waals surface area contributed by atoms with E-state index in [2.05, 4.69) is 5.32 Å². The van der Waals surface area contributed by atoms with Crippen molar-refractivity contribution in [3.05, 3.63) is 112 Å². The van der Waals surface area contributed by atoms with Gasteiger partial charge in [-0.15, -0.1) is 0 Å². The number of hydrogen-bond donors (Lipinski definition) is 2. The van der Waals surface area contributed by atoms with Crippen LogP contribution in [0.3, 0.4) is 0 Å². The van der Waals surface area contributed by atoms with Crippen LogP contribution < -0.4 is 10.9 Å². The standard InChI is InChI=1S/C24H20N2O3/c27-22-14-20-6-2-1-5-19(20)13-21(22)24(29)25-15-17-8-10-18(11-9-17)16-26-12-4-3-7-23(26)28/h1-14,27H,15-16H2,(H,25,29). The lowest BCUT2D eigenvalue weighted by Crippen LogP contribution is -2.23. The molecule has 0 bridgehead atoms. The van der Waals surface area contributed by atoms with E-state index in [0.717, 1.165) is 21.9 Å². The summed E-state index contributed by atoms with van der Waals surface area (Å²) in [6.45, 7) is 0.841. The molecule has 3 aromatic carbocycles. The highest BCUT2D eigenvalue weighted by atomic mass is 16.3. The molecule has 0 spiro atoms. The van der Waals surface area contributed by atoms with Crippen molar-refractivity contribution < 1.29 is 9.90 Å². The molecular weight excluding hydrogens is 364 g/mol. The Morgan fingerprint density at radius 3 is 2.24 bits per heavy atom. The third-order valence-corrected chi connectivity index (χ3v) is 4.84.